The van der Waals surface area contributed by atoms with Gasteiger partial charge in [-0.25, -0.2) is 0 Å². The van der Waals surface area contributed by atoms with Gasteiger partial charge in [-0.2, -0.15) is 0 Å². The number of nitrogens with one attached hydrogen (secondary N) is 1. The highest BCUT2D eigenvalue weighted by Gasteiger charge is 2.25. The van der Waals surface area contributed by atoms with Crippen LogP contribution in [-0.4, -0.2) is 49.4 Å². The second-order valence-corrected chi connectivity index (χ2v) is 6.05. The van der Waals surface area contributed by atoms with Crippen LogP contribution in [0.15, 0.2) is 30.3 Å². The summed E-state index contributed by atoms with van der Waals surface area (Å²) in [6, 6.07) is 10.1. The average molecular weight is 303 g/mol. The zero-order chi connectivity index (χ0) is 15.9. The molecule has 0 atom stereocenters. The number of piperazine rings is 1. The molecule has 0 unspecified atom stereocenters. The standard InChI is InChI=1S/C17H25N3O2/c1-14(2)8-9-18-16(21)17(22)20-12-10-19(11-13-20)15-6-4-3-5-7-15/h3-7,14H,8-13H2,1-2H3,(H,18,21). The third-order valence-corrected chi connectivity index (χ3v) is 3.89. The van der Waals surface area contributed by atoms with Crippen molar-refractivity contribution in [3.8, 4) is 0 Å². The number of anilines is 1. The van der Waals surface area contributed by atoms with Gasteiger partial charge in [0.1, 0.15) is 0 Å². The largest absolute Gasteiger partial charge is 0.368 e. The Morgan fingerprint density at radius 3 is 2.32 bits per heavy atom. The Hall–Kier alpha value is -2.04. The first-order valence-corrected chi connectivity index (χ1v) is 7.95. The summed E-state index contributed by atoms with van der Waals surface area (Å²) < 4.78 is 0. The van der Waals surface area contributed by atoms with Crippen molar-refractivity contribution in [1.29, 1.82) is 0 Å². The van der Waals surface area contributed by atoms with E-state index in [1.807, 2.05) is 18.2 Å². The van der Waals surface area contributed by atoms with Crippen LogP contribution >= 0.6 is 0 Å². The molecule has 5 nitrogen and oxygen atoms in total. The number of para-hydroxylation sites is 1. The van der Waals surface area contributed by atoms with E-state index in [1.54, 1.807) is 4.90 Å². The first kappa shape index (κ1) is 16.3. The summed E-state index contributed by atoms with van der Waals surface area (Å²) in [5.41, 5.74) is 1.16. The van der Waals surface area contributed by atoms with E-state index in [0.29, 0.717) is 25.6 Å². The fourth-order valence-electron chi connectivity index (χ4n) is 2.50. The number of hydrogen-bond acceptors (Lipinski definition) is 3. The molecule has 0 radical (unpaired) electrons. The highest BCUT2D eigenvalue weighted by Crippen LogP contribution is 2.15. The van der Waals surface area contributed by atoms with Crippen LogP contribution < -0.4 is 10.2 Å². The number of rotatable bonds is 4. The van der Waals surface area contributed by atoms with Crippen molar-refractivity contribution in [3.63, 3.8) is 0 Å². The van der Waals surface area contributed by atoms with Crippen LogP contribution in [0.1, 0.15) is 20.3 Å². The van der Waals surface area contributed by atoms with Crippen molar-refractivity contribution in [2.45, 2.75) is 20.3 Å². The predicted octanol–water partition coefficient (Wildman–Crippen LogP) is 1.50. The van der Waals surface area contributed by atoms with Gasteiger partial charge in [-0.3, -0.25) is 9.59 Å². The Bertz CT molecular complexity index is 494. The SMILES string of the molecule is CC(C)CCNC(=O)C(=O)N1CCN(c2ccccc2)CC1. The zero-order valence-corrected chi connectivity index (χ0v) is 13.4. The molecule has 22 heavy (non-hydrogen) atoms. The van der Waals surface area contributed by atoms with Gasteiger partial charge in [-0.05, 0) is 24.5 Å². The van der Waals surface area contributed by atoms with Crippen LogP contribution in [0.2, 0.25) is 0 Å². The molecule has 1 N–H and O–H groups in total. The molecule has 0 aromatic heterocycles. The highest BCUT2D eigenvalue weighted by atomic mass is 16.2. The minimum absolute atomic E-state index is 0.406. The molecule has 1 saturated heterocycles. The summed E-state index contributed by atoms with van der Waals surface area (Å²) in [5, 5.41) is 2.71. The Kier molecular flexibility index (Phi) is 5.81. The minimum atomic E-state index is -0.478. The quantitative estimate of drug-likeness (QED) is 0.858. The number of carbonyl (C=O) groups is 2. The average Bonchev–Trinajstić information content (AvgIpc) is 2.54. The molecule has 0 spiro atoms. The first-order chi connectivity index (χ1) is 10.6. The van der Waals surface area contributed by atoms with Crippen LogP contribution in [-0.2, 0) is 9.59 Å². The van der Waals surface area contributed by atoms with Gasteiger partial charge in [-0.1, -0.05) is 32.0 Å². The van der Waals surface area contributed by atoms with E-state index >= 15 is 0 Å². The zero-order valence-electron chi connectivity index (χ0n) is 13.4. The van der Waals surface area contributed by atoms with E-state index in [4.69, 9.17) is 0 Å². The van der Waals surface area contributed by atoms with E-state index in [2.05, 4.69) is 36.2 Å². The van der Waals surface area contributed by atoms with Crippen molar-refractivity contribution < 1.29 is 9.59 Å². The number of hydrogen-bond donors (Lipinski definition) is 1. The smallest absolute Gasteiger partial charge is 0.312 e. The van der Waals surface area contributed by atoms with Gasteiger partial charge in [0.05, 0.1) is 0 Å². The summed E-state index contributed by atoms with van der Waals surface area (Å²) in [4.78, 5) is 27.9. The van der Waals surface area contributed by atoms with Crippen molar-refractivity contribution in [1.82, 2.24) is 10.2 Å². The summed E-state index contributed by atoms with van der Waals surface area (Å²) in [5.74, 6) is -0.366. The third-order valence-electron chi connectivity index (χ3n) is 3.89. The molecule has 0 bridgehead atoms. The molecule has 1 fully saturated rings. The Labute approximate surface area is 132 Å². The Morgan fingerprint density at radius 1 is 1.09 bits per heavy atom. The normalized spacial score (nSPS) is 15.0. The van der Waals surface area contributed by atoms with Gasteiger partial charge in [0, 0.05) is 38.4 Å². The van der Waals surface area contributed by atoms with Gasteiger partial charge >= 0.3 is 11.8 Å². The topological polar surface area (TPSA) is 52.7 Å². The van der Waals surface area contributed by atoms with Crippen molar-refractivity contribution >= 4 is 17.5 Å². The minimum Gasteiger partial charge on any atom is -0.368 e. The molecule has 1 aromatic rings. The van der Waals surface area contributed by atoms with Crippen molar-refractivity contribution in [2.24, 2.45) is 5.92 Å². The van der Waals surface area contributed by atoms with Crippen molar-refractivity contribution in [3.05, 3.63) is 30.3 Å². The number of amides is 2. The molecule has 0 saturated carbocycles. The number of benzene rings is 1. The second-order valence-electron chi connectivity index (χ2n) is 6.05. The van der Waals surface area contributed by atoms with E-state index < -0.39 is 11.8 Å². The lowest BCUT2D eigenvalue weighted by molar-refractivity contribution is -0.146. The molecule has 2 rings (SSSR count). The van der Waals surface area contributed by atoms with Gasteiger partial charge in [0.15, 0.2) is 0 Å². The lowest BCUT2D eigenvalue weighted by Crippen LogP contribution is -2.52. The third kappa shape index (κ3) is 4.48. The molecular weight excluding hydrogens is 278 g/mol. The molecule has 1 aromatic carbocycles. The lowest BCUT2D eigenvalue weighted by atomic mass is 10.1. The maximum absolute atomic E-state index is 12.1. The Morgan fingerprint density at radius 2 is 1.73 bits per heavy atom. The van der Waals surface area contributed by atoms with E-state index in [1.165, 1.54) is 0 Å². The summed E-state index contributed by atoms with van der Waals surface area (Å²) >= 11 is 0. The number of nitrogens with zero attached hydrogens (tertiary/aromatic N) is 2. The molecule has 1 aliphatic rings. The van der Waals surface area contributed by atoms with Gasteiger partial charge in [0.25, 0.3) is 0 Å². The maximum atomic E-state index is 12.1. The predicted molar refractivity (Wildman–Crippen MR) is 87.7 cm³/mol. The molecule has 2 amide bonds. The Balaban J connectivity index is 1.78. The second kappa shape index (κ2) is 7.82. The van der Waals surface area contributed by atoms with E-state index in [9.17, 15) is 9.59 Å². The van der Waals surface area contributed by atoms with Gasteiger partial charge < -0.3 is 15.1 Å². The fourth-order valence-corrected chi connectivity index (χ4v) is 2.50. The number of carbonyl (C=O) groups excluding carboxylic acids is 2. The molecule has 1 heterocycles. The van der Waals surface area contributed by atoms with Crippen LogP contribution in [0.25, 0.3) is 0 Å². The van der Waals surface area contributed by atoms with Gasteiger partial charge in [0.2, 0.25) is 0 Å². The molecule has 5 heteroatoms. The first-order valence-electron chi connectivity index (χ1n) is 7.95. The van der Waals surface area contributed by atoms with Crippen LogP contribution in [0, 0.1) is 5.92 Å². The highest BCUT2D eigenvalue weighted by molar-refractivity contribution is 6.35. The van der Waals surface area contributed by atoms with Crippen LogP contribution in [0.5, 0.6) is 0 Å². The lowest BCUT2D eigenvalue weighted by Gasteiger charge is -2.35. The molecule has 120 valence electrons. The summed E-state index contributed by atoms with van der Waals surface area (Å²) in [7, 11) is 0. The summed E-state index contributed by atoms with van der Waals surface area (Å²) in [6.07, 6.45) is 0.890. The van der Waals surface area contributed by atoms with Gasteiger partial charge in [-0.15, -0.1) is 0 Å². The summed E-state index contributed by atoms with van der Waals surface area (Å²) in [6.45, 7) is 7.44. The molecular formula is C17H25N3O2. The van der Waals surface area contributed by atoms with Crippen LogP contribution in [0.3, 0.4) is 0 Å². The van der Waals surface area contributed by atoms with Crippen LogP contribution in [0.4, 0.5) is 5.69 Å². The van der Waals surface area contributed by atoms with Crippen molar-refractivity contribution in [2.75, 3.05) is 37.6 Å². The van der Waals surface area contributed by atoms with E-state index in [-0.39, 0.29) is 0 Å². The maximum Gasteiger partial charge on any atom is 0.312 e. The molecule has 1 aliphatic heterocycles. The molecule has 0 aliphatic carbocycles. The van der Waals surface area contributed by atoms with E-state index in [0.717, 1.165) is 25.2 Å². The monoisotopic (exact) mass is 303 g/mol. The fraction of sp³-hybridized carbons (Fsp3) is 0.529.